The van der Waals surface area contributed by atoms with E-state index in [9.17, 15) is 4.39 Å². The van der Waals surface area contributed by atoms with Gasteiger partial charge in [-0.1, -0.05) is 15.9 Å². The van der Waals surface area contributed by atoms with Crippen LogP contribution in [0.15, 0.2) is 28.9 Å². The van der Waals surface area contributed by atoms with E-state index in [1.165, 1.54) is 6.07 Å². The maximum atomic E-state index is 13.9. The minimum atomic E-state index is -0.193. The molecule has 0 bridgehead atoms. The van der Waals surface area contributed by atoms with Crippen LogP contribution in [0, 0.1) is 12.7 Å². The largest absolute Gasteiger partial charge is 0.326 e. The van der Waals surface area contributed by atoms with Crippen LogP contribution in [0.4, 0.5) is 4.39 Å². The Morgan fingerprint density at radius 2 is 2.05 bits per heavy atom. The van der Waals surface area contributed by atoms with Gasteiger partial charge in [0.05, 0.1) is 12.2 Å². The van der Waals surface area contributed by atoms with E-state index < -0.39 is 0 Å². The Hall–Kier alpha value is -1.20. The number of benzene rings is 1. The van der Waals surface area contributed by atoms with E-state index >= 15 is 0 Å². The topological polar surface area (TPSA) is 29.9 Å². The van der Waals surface area contributed by atoms with Gasteiger partial charge in [-0.2, -0.15) is 0 Å². The second kappa shape index (κ2) is 6.28. The van der Waals surface area contributed by atoms with E-state index in [2.05, 4.69) is 47.0 Å². The molecule has 0 saturated carbocycles. The normalized spacial score (nSPS) is 11.9. The van der Waals surface area contributed by atoms with E-state index in [0.717, 1.165) is 16.0 Å². The molecule has 0 aliphatic carbocycles. The fourth-order valence-corrected chi connectivity index (χ4v) is 2.47. The van der Waals surface area contributed by atoms with E-state index in [4.69, 9.17) is 0 Å². The number of aromatic nitrogens is 2. The van der Waals surface area contributed by atoms with Crippen molar-refractivity contribution >= 4 is 15.9 Å². The number of nitrogens with one attached hydrogen (secondary N) is 1. The van der Waals surface area contributed by atoms with Crippen molar-refractivity contribution in [1.82, 2.24) is 14.9 Å². The lowest BCUT2D eigenvalue weighted by Gasteiger charge is -2.21. The Morgan fingerprint density at radius 3 is 2.71 bits per heavy atom. The molecule has 2 rings (SSSR count). The van der Waals surface area contributed by atoms with Crippen LogP contribution in [-0.2, 0) is 13.1 Å². The van der Waals surface area contributed by atoms with Crippen LogP contribution in [-0.4, -0.2) is 15.1 Å². The summed E-state index contributed by atoms with van der Waals surface area (Å²) in [6.07, 6.45) is 1.85. The summed E-state index contributed by atoms with van der Waals surface area (Å²) >= 11 is 3.39. The summed E-state index contributed by atoms with van der Waals surface area (Å²) in [5, 5.41) is 3.44. The first-order valence-corrected chi connectivity index (χ1v) is 7.75. The summed E-state index contributed by atoms with van der Waals surface area (Å²) in [6, 6.07) is 5.01. The Bertz CT molecular complexity index is 629. The van der Waals surface area contributed by atoms with Gasteiger partial charge >= 0.3 is 0 Å². The fraction of sp³-hybridized carbons (Fsp3) is 0.438. The highest BCUT2D eigenvalue weighted by Gasteiger charge is 2.13. The molecule has 5 heteroatoms. The molecule has 114 valence electrons. The molecule has 3 nitrogen and oxygen atoms in total. The first-order chi connectivity index (χ1) is 9.76. The lowest BCUT2D eigenvalue weighted by Crippen LogP contribution is -2.35. The molecule has 2 aromatic rings. The predicted octanol–water partition coefficient (Wildman–Crippen LogP) is 4.03. The fourth-order valence-electron chi connectivity index (χ4n) is 2.06. The summed E-state index contributed by atoms with van der Waals surface area (Å²) < 4.78 is 16.9. The Balaban J connectivity index is 2.23. The zero-order valence-corrected chi connectivity index (χ0v) is 14.5. The van der Waals surface area contributed by atoms with E-state index in [1.54, 1.807) is 6.07 Å². The van der Waals surface area contributed by atoms with Crippen molar-refractivity contribution in [3.8, 4) is 0 Å². The number of nitrogens with zero attached hydrogens (tertiary/aromatic N) is 2. The second-order valence-electron chi connectivity index (χ2n) is 6.22. The zero-order chi connectivity index (χ0) is 15.6. The number of hydrogen-bond acceptors (Lipinski definition) is 2. The molecule has 0 aliphatic heterocycles. The molecule has 1 heterocycles. The van der Waals surface area contributed by atoms with Crippen LogP contribution in [0.3, 0.4) is 0 Å². The zero-order valence-electron chi connectivity index (χ0n) is 12.9. The van der Waals surface area contributed by atoms with Crippen molar-refractivity contribution in [3.63, 3.8) is 0 Å². The minimum absolute atomic E-state index is 0.0318. The van der Waals surface area contributed by atoms with Gasteiger partial charge in [0.15, 0.2) is 0 Å². The average Bonchev–Trinajstić information content (AvgIpc) is 2.72. The van der Waals surface area contributed by atoms with Crippen LogP contribution in [0.1, 0.15) is 37.9 Å². The number of rotatable bonds is 4. The van der Waals surface area contributed by atoms with Crippen LogP contribution < -0.4 is 5.32 Å². The number of imidazole rings is 1. The monoisotopic (exact) mass is 353 g/mol. The standard InChI is InChI=1S/C16H21BrFN3/c1-11-19-8-14(9-20-16(2,3)4)21(11)10-12-7-13(17)5-6-15(12)18/h5-8,20H,9-10H2,1-4H3. The van der Waals surface area contributed by atoms with Gasteiger partial charge in [-0.05, 0) is 45.9 Å². The third-order valence-corrected chi connectivity index (χ3v) is 3.77. The molecule has 0 fully saturated rings. The number of aryl methyl sites for hydroxylation is 1. The average molecular weight is 354 g/mol. The number of halogens is 2. The molecule has 0 amide bonds. The molecule has 21 heavy (non-hydrogen) atoms. The van der Waals surface area contributed by atoms with E-state index in [-0.39, 0.29) is 11.4 Å². The molecule has 0 spiro atoms. The van der Waals surface area contributed by atoms with Crippen molar-refractivity contribution in [1.29, 1.82) is 0 Å². The van der Waals surface area contributed by atoms with Crippen molar-refractivity contribution in [2.45, 2.75) is 46.3 Å². The van der Waals surface area contributed by atoms with Crippen molar-refractivity contribution in [2.75, 3.05) is 0 Å². The van der Waals surface area contributed by atoms with Crippen LogP contribution in [0.5, 0.6) is 0 Å². The summed E-state index contributed by atoms with van der Waals surface area (Å²) in [5.74, 6) is 0.695. The molecule has 0 saturated heterocycles. The van der Waals surface area contributed by atoms with E-state index in [1.807, 2.05) is 23.8 Å². The third kappa shape index (κ3) is 4.38. The van der Waals surface area contributed by atoms with Crippen molar-refractivity contribution < 1.29 is 4.39 Å². The van der Waals surface area contributed by atoms with Gasteiger partial charge in [0.2, 0.25) is 0 Å². The summed E-state index contributed by atoms with van der Waals surface area (Å²) in [7, 11) is 0. The van der Waals surface area contributed by atoms with Gasteiger partial charge in [0, 0.05) is 28.3 Å². The molecular weight excluding hydrogens is 333 g/mol. The molecule has 1 N–H and O–H groups in total. The smallest absolute Gasteiger partial charge is 0.128 e. The molecule has 0 atom stereocenters. The number of hydrogen-bond donors (Lipinski definition) is 1. The lowest BCUT2D eigenvalue weighted by atomic mass is 10.1. The molecule has 0 unspecified atom stereocenters. The highest BCUT2D eigenvalue weighted by Crippen LogP contribution is 2.18. The van der Waals surface area contributed by atoms with Crippen LogP contribution in [0.2, 0.25) is 0 Å². The lowest BCUT2D eigenvalue weighted by molar-refractivity contribution is 0.416. The summed E-state index contributed by atoms with van der Waals surface area (Å²) in [6.45, 7) is 9.49. The first-order valence-electron chi connectivity index (χ1n) is 6.96. The van der Waals surface area contributed by atoms with Gasteiger partial charge in [0.25, 0.3) is 0 Å². The Labute approximate surface area is 133 Å². The molecular formula is C16H21BrFN3. The highest BCUT2D eigenvalue weighted by molar-refractivity contribution is 9.10. The van der Waals surface area contributed by atoms with Gasteiger partial charge in [-0.15, -0.1) is 0 Å². The maximum Gasteiger partial charge on any atom is 0.128 e. The summed E-state index contributed by atoms with van der Waals surface area (Å²) in [5.41, 5.74) is 1.74. The SMILES string of the molecule is Cc1ncc(CNC(C)(C)C)n1Cc1cc(Br)ccc1F. The second-order valence-corrected chi connectivity index (χ2v) is 7.14. The van der Waals surface area contributed by atoms with Gasteiger partial charge in [-0.25, -0.2) is 9.37 Å². The Morgan fingerprint density at radius 1 is 1.33 bits per heavy atom. The molecule has 0 radical (unpaired) electrons. The van der Waals surface area contributed by atoms with Gasteiger partial charge in [-0.3, -0.25) is 0 Å². The highest BCUT2D eigenvalue weighted by atomic mass is 79.9. The van der Waals surface area contributed by atoms with Crippen molar-refractivity contribution in [3.05, 3.63) is 51.8 Å². The quantitative estimate of drug-likeness (QED) is 0.899. The minimum Gasteiger partial charge on any atom is -0.326 e. The van der Waals surface area contributed by atoms with Crippen molar-refractivity contribution in [2.24, 2.45) is 0 Å². The third-order valence-electron chi connectivity index (χ3n) is 3.27. The predicted molar refractivity (Wildman–Crippen MR) is 86.8 cm³/mol. The first kappa shape index (κ1) is 16.2. The van der Waals surface area contributed by atoms with Crippen LogP contribution in [0.25, 0.3) is 0 Å². The molecule has 1 aromatic carbocycles. The van der Waals surface area contributed by atoms with E-state index in [0.29, 0.717) is 18.7 Å². The van der Waals surface area contributed by atoms with Crippen LogP contribution >= 0.6 is 15.9 Å². The summed E-state index contributed by atoms with van der Waals surface area (Å²) in [4.78, 5) is 4.35. The molecule has 1 aromatic heterocycles. The molecule has 0 aliphatic rings. The van der Waals surface area contributed by atoms with Gasteiger partial charge < -0.3 is 9.88 Å². The van der Waals surface area contributed by atoms with Gasteiger partial charge in [0.1, 0.15) is 11.6 Å². The Kier molecular flexibility index (Phi) is 4.84. The maximum absolute atomic E-state index is 13.9.